The third kappa shape index (κ3) is 4.23. The summed E-state index contributed by atoms with van der Waals surface area (Å²) in [5.41, 5.74) is 0. The highest BCUT2D eigenvalue weighted by Gasteiger charge is 2.17. The summed E-state index contributed by atoms with van der Waals surface area (Å²) in [4.78, 5) is 21.3. The van der Waals surface area contributed by atoms with E-state index in [0.717, 1.165) is 0 Å². The van der Waals surface area contributed by atoms with E-state index in [-0.39, 0.29) is 5.91 Å². The van der Waals surface area contributed by atoms with Crippen molar-refractivity contribution in [2.24, 2.45) is 0 Å². The zero-order chi connectivity index (χ0) is 9.56. The molecule has 0 aliphatic carbocycles. The molecule has 0 saturated carbocycles. The second kappa shape index (κ2) is 5.88. The van der Waals surface area contributed by atoms with Crippen molar-refractivity contribution in [1.29, 1.82) is 0 Å². The number of hydrogen-bond acceptors (Lipinski definition) is 3. The summed E-state index contributed by atoms with van der Waals surface area (Å²) in [7, 11) is 0. The normalized spacial score (nSPS) is 12.2. The summed E-state index contributed by atoms with van der Waals surface area (Å²) in [6.45, 7) is 1.69. The lowest BCUT2D eigenvalue weighted by molar-refractivity contribution is -0.141. The van der Waals surface area contributed by atoms with Crippen LogP contribution in [0.15, 0.2) is 0 Å². The van der Waals surface area contributed by atoms with E-state index in [2.05, 4.69) is 5.32 Å². The fraction of sp³-hybridized carbons (Fsp3) is 0.714. The average molecular weight is 191 g/mol. The fourth-order valence-electron chi connectivity index (χ4n) is 0.638. The third-order valence-electron chi connectivity index (χ3n) is 1.29. The van der Waals surface area contributed by atoms with Crippen LogP contribution in [0.4, 0.5) is 0 Å². The minimum atomic E-state index is -0.980. The van der Waals surface area contributed by atoms with E-state index in [0.29, 0.717) is 12.2 Å². The first-order valence-corrected chi connectivity index (χ1v) is 5.02. The molecule has 0 bridgehead atoms. The zero-order valence-corrected chi connectivity index (χ0v) is 7.98. The van der Waals surface area contributed by atoms with Crippen molar-refractivity contribution in [1.82, 2.24) is 5.32 Å². The fourth-order valence-corrected chi connectivity index (χ4v) is 1.20. The van der Waals surface area contributed by atoms with Gasteiger partial charge in [-0.25, -0.2) is 4.79 Å². The summed E-state index contributed by atoms with van der Waals surface area (Å²) in [5, 5.41) is 11.0. The Kier molecular flexibility index (Phi) is 5.53. The van der Waals surface area contributed by atoms with E-state index in [1.807, 2.05) is 0 Å². The molecule has 0 aliphatic heterocycles. The van der Waals surface area contributed by atoms with E-state index >= 15 is 0 Å². The first-order chi connectivity index (χ1) is 5.61. The molecule has 0 aliphatic rings. The number of carboxylic acids is 1. The summed E-state index contributed by atoms with van der Waals surface area (Å²) in [6, 6.07) is -0.757. The van der Waals surface area contributed by atoms with Gasteiger partial charge in [0.15, 0.2) is 0 Å². The standard InChI is InChI=1S/C7H13NO3S/c1-3-6(9)8-5(4-12-2)7(10)11/h5H,3-4H2,1-2H3,(H,8,9)(H,10,11). The lowest BCUT2D eigenvalue weighted by Crippen LogP contribution is -2.42. The topological polar surface area (TPSA) is 66.4 Å². The Morgan fingerprint density at radius 1 is 1.58 bits per heavy atom. The molecular weight excluding hydrogens is 178 g/mol. The Balaban J connectivity index is 3.95. The maximum atomic E-state index is 10.8. The van der Waals surface area contributed by atoms with Gasteiger partial charge in [-0.3, -0.25) is 4.79 Å². The Labute approximate surface area is 75.7 Å². The summed E-state index contributed by atoms with van der Waals surface area (Å²) < 4.78 is 0. The lowest BCUT2D eigenvalue weighted by Gasteiger charge is -2.11. The van der Waals surface area contributed by atoms with Crippen LogP contribution in [0.5, 0.6) is 0 Å². The van der Waals surface area contributed by atoms with Crippen molar-refractivity contribution in [2.75, 3.05) is 12.0 Å². The first-order valence-electron chi connectivity index (χ1n) is 3.63. The third-order valence-corrected chi connectivity index (χ3v) is 1.95. The van der Waals surface area contributed by atoms with Crippen LogP contribution in [0.2, 0.25) is 0 Å². The van der Waals surface area contributed by atoms with Crippen LogP contribution < -0.4 is 5.32 Å². The number of thioether (sulfide) groups is 1. The lowest BCUT2D eigenvalue weighted by atomic mass is 10.3. The number of nitrogens with one attached hydrogen (secondary N) is 1. The van der Waals surface area contributed by atoms with E-state index < -0.39 is 12.0 Å². The van der Waals surface area contributed by atoms with Gasteiger partial charge in [-0.1, -0.05) is 6.92 Å². The molecular formula is C7H13NO3S. The maximum absolute atomic E-state index is 10.8. The Hall–Kier alpha value is -0.710. The molecule has 5 heteroatoms. The quantitative estimate of drug-likeness (QED) is 0.657. The second-order valence-electron chi connectivity index (χ2n) is 2.27. The smallest absolute Gasteiger partial charge is 0.327 e. The van der Waals surface area contributed by atoms with E-state index in [1.54, 1.807) is 13.2 Å². The van der Waals surface area contributed by atoms with Crippen LogP contribution in [-0.4, -0.2) is 35.0 Å². The Morgan fingerprint density at radius 2 is 2.17 bits per heavy atom. The van der Waals surface area contributed by atoms with Gasteiger partial charge in [-0.05, 0) is 6.26 Å². The predicted octanol–water partition coefficient (Wildman–Crippen LogP) is 0.329. The molecule has 12 heavy (non-hydrogen) atoms. The highest BCUT2D eigenvalue weighted by atomic mass is 32.2. The molecule has 0 rings (SSSR count). The highest BCUT2D eigenvalue weighted by Crippen LogP contribution is 1.97. The van der Waals surface area contributed by atoms with Crippen LogP contribution in [-0.2, 0) is 9.59 Å². The molecule has 0 spiro atoms. The molecule has 0 saturated heterocycles. The van der Waals surface area contributed by atoms with Gasteiger partial charge in [0.05, 0.1) is 0 Å². The zero-order valence-electron chi connectivity index (χ0n) is 7.16. The van der Waals surface area contributed by atoms with Crippen LogP contribution in [0, 0.1) is 0 Å². The summed E-state index contributed by atoms with van der Waals surface area (Å²) >= 11 is 1.39. The van der Waals surface area contributed by atoms with Crippen molar-refractivity contribution in [3.8, 4) is 0 Å². The molecule has 0 heterocycles. The molecule has 1 unspecified atom stereocenters. The van der Waals surface area contributed by atoms with Gasteiger partial charge in [-0.2, -0.15) is 11.8 Å². The van der Waals surface area contributed by atoms with Crippen molar-refractivity contribution in [2.45, 2.75) is 19.4 Å². The van der Waals surface area contributed by atoms with E-state index in [1.165, 1.54) is 11.8 Å². The minimum Gasteiger partial charge on any atom is -0.480 e. The number of carbonyl (C=O) groups excluding carboxylic acids is 1. The number of rotatable bonds is 5. The highest BCUT2D eigenvalue weighted by molar-refractivity contribution is 7.98. The molecule has 4 nitrogen and oxygen atoms in total. The molecule has 0 aromatic heterocycles. The van der Waals surface area contributed by atoms with Crippen molar-refractivity contribution >= 4 is 23.6 Å². The van der Waals surface area contributed by atoms with Gasteiger partial charge < -0.3 is 10.4 Å². The SMILES string of the molecule is CCC(=O)NC(CSC)C(=O)O. The number of amides is 1. The van der Waals surface area contributed by atoms with Crippen LogP contribution in [0.3, 0.4) is 0 Å². The van der Waals surface area contributed by atoms with Gasteiger partial charge >= 0.3 is 5.97 Å². The molecule has 1 atom stereocenters. The predicted molar refractivity (Wildman–Crippen MR) is 48.2 cm³/mol. The van der Waals surface area contributed by atoms with Gasteiger partial charge in [0, 0.05) is 12.2 Å². The molecule has 0 fully saturated rings. The van der Waals surface area contributed by atoms with E-state index in [4.69, 9.17) is 5.11 Å². The average Bonchev–Trinajstić information content (AvgIpc) is 2.03. The first kappa shape index (κ1) is 11.3. The summed E-state index contributed by atoms with van der Waals surface area (Å²) in [5.74, 6) is -0.802. The van der Waals surface area contributed by atoms with Gasteiger partial charge in [0.2, 0.25) is 5.91 Å². The molecule has 0 radical (unpaired) electrons. The number of carboxylic acid groups (broad SMARTS) is 1. The largest absolute Gasteiger partial charge is 0.480 e. The minimum absolute atomic E-state index is 0.226. The number of carbonyl (C=O) groups is 2. The Morgan fingerprint density at radius 3 is 2.50 bits per heavy atom. The number of aliphatic carboxylic acids is 1. The van der Waals surface area contributed by atoms with Gasteiger partial charge in [0.1, 0.15) is 6.04 Å². The Bertz CT molecular complexity index is 170. The molecule has 2 N–H and O–H groups in total. The molecule has 0 aromatic carbocycles. The number of hydrogen-bond donors (Lipinski definition) is 2. The van der Waals surface area contributed by atoms with Crippen molar-refractivity contribution < 1.29 is 14.7 Å². The van der Waals surface area contributed by atoms with Crippen LogP contribution >= 0.6 is 11.8 Å². The van der Waals surface area contributed by atoms with Crippen molar-refractivity contribution in [3.63, 3.8) is 0 Å². The van der Waals surface area contributed by atoms with Crippen LogP contribution in [0.25, 0.3) is 0 Å². The maximum Gasteiger partial charge on any atom is 0.327 e. The monoisotopic (exact) mass is 191 g/mol. The van der Waals surface area contributed by atoms with Gasteiger partial charge in [-0.15, -0.1) is 0 Å². The molecule has 70 valence electrons. The van der Waals surface area contributed by atoms with Gasteiger partial charge in [0.25, 0.3) is 0 Å². The summed E-state index contributed by atoms with van der Waals surface area (Å²) in [6.07, 6.45) is 2.12. The molecule has 1 amide bonds. The van der Waals surface area contributed by atoms with E-state index in [9.17, 15) is 9.59 Å². The van der Waals surface area contributed by atoms with Crippen LogP contribution in [0.1, 0.15) is 13.3 Å². The molecule has 0 aromatic rings. The second-order valence-corrected chi connectivity index (χ2v) is 3.18. The van der Waals surface area contributed by atoms with Crippen molar-refractivity contribution in [3.05, 3.63) is 0 Å².